The average Bonchev–Trinajstić information content (AvgIpc) is 3.11. The number of ether oxygens (including phenoxy) is 1. The molecular formula is C14H19NO2. The number of rotatable bonds is 6. The molecule has 0 saturated heterocycles. The zero-order valence-electron chi connectivity index (χ0n) is 10.2. The van der Waals surface area contributed by atoms with E-state index in [1.54, 1.807) is 0 Å². The first-order valence-electron chi connectivity index (χ1n) is 6.20. The van der Waals surface area contributed by atoms with Gasteiger partial charge in [-0.2, -0.15) is 0 Å². The number of carbonyl (C=O) groups is 1. The van der Waals surface area contributed by atoms with Crippen LogP contribution in [0, 0.1) is 0 Å². The molecule has 1 aromatic carbocycles. The van der Waals surface area contributed by atoms with Crippen LogP contribution in [0.2, 0.25) is 0 Å². The van der Waals surface area contributed by atoms with Crippen LogP contribution in [0.25, 0.3) is 0 Å². The maximum atomic E-state index is 11.8. The van der Waals surface area contributed by atoms with Gasteiger partial charge in [-0.3, -0.25) is 4.79 Å². The van der Waals surface area contributed by atoms with E-state index in [4.69, 9.17) is 10.5 Å². The number of Topliss-reactive ketones (excluding diaryl/α,β-unsaturated/α-hetero) is 1. The SMILES string of the molecule is CC(N)CCC(=O)c1ccc(OC2CC2)cc1. The third kappa shape index (κ3) is 3.86. The summed E-state index contributed by atoms with van der Waals surface area (Å²) in [5, 5.41) is 0. The van der Waals surface area contributed by atoms with Crippen LogP contribution in [-0.2, 0) is 0 Å². The molecule has 0 heterocycles. The van der Waals surface area contributed by atoms with Gasteiger partial charge in [-0.25, -0.2) is 0 Å². The molecule has 92 valence electrons. The van der Waals surface area contributed by atoms with Gasteiger partial charge in [-0.1, -0.05) is 0 Å². The van der Waals surface area contributed by atoms with E-state index in [2.05, 4.69) is 0 Å². The van der Waals surface area contributed by atoms with Crippen LogP contribution in [0.15, 0.2) is 24.3 Å². The zero-order chi connectivity index (χ0) is 12.3. The lowest BCUT2D eigenvalue weighted by atomic mass is 10.0. The summed E-state index contributed by atoms with van der Waals surface area (Å²) in [4.78, 5) is 11.8. The van der Waals surface area contributed by atoms with E-state index >= 15 is 0 Å². The standard InChI is InChI=1S/C14H19NO2/c1-10(15)2-9-14(16)11-3-5-12(6-4-11)17-13-7-8-13/h3-6,10,13H,2,7-9,15H2,1H3. The predicted octanol–water partition coefficient (Wildman–Crippen LogP) is 2.54. The fourth-order valence-corrected chi connectivity index (χ4v) is 1.60. The van der Waals surface area contributed by atoms with Gasteiger partial charge in [-0.05, 0) is 50.5 Å². The molecule has 1 aliphatic rings. The molecule has 1 aromatic rings. The van der Waals surface area contributed by atoms with Crippen LogP contribution in [0.4, 0.5) is 0 Å². The highest BCUT2D eigenvalue weighted by Crippen LogP contribution is 2.26. The van der Waals surface area contributed by atoms with Crippen LogP contribution >= 0.6 is 0 Å². The Morgan fingerprint density at radius 3 is 2.59 bits per heavy atom. The van der Waals surface area contributed by atoms with Gasteiger partial charge in [0.2, 0.25) is 0 Å². The summed E-state index contributed by atoms with van der Waals surface area (Å²) in [6, 6.07) is 7.49. The van der Waals surface area contributed by atoms with Gasteiger partial charge in [0.05, 0.1) is 6.10 Å². The molecule has 0 bridgehead atoms. The predicted molar refractivity (Wildman–Crippen MR) is 67.3 cm³/mol. The van der Waals surface area contributed by atoms with Crippen LogP contribution < -0.4 is 10.5 Å². The van der Waals surface area contributed by atoms with Gasteiger partial charge in [0.1, 0.15) is 5.75 Å². The van der Waals surface area contributed by atoms with E-state index in [9.17, 15) is 4.79 Å². The van der Waals surface area contributed by atoms with Crippen molar-refractivity contribution < 1.29 is 9.53 Å². The number of ketones is 1. The summed E-state index contributed by atoms with van der Waals surface area (Å²) in [6.07, 6.45) is 3.94. The van der Waals surface area contributed by atoms with Crippen molar-refractivity contribution in [3.05, 3.63) is 29.8 Å². The lowest BCUT2D eigenvalue weighted by Crippen LogP contribution is -2.16. The van der Waals surface area contributed by atoms with Crippen molar-refractivity contribution in [3.63, 3.8) is 0 Å². The Labute approximate surface area is 102 Å². The lowest BCUT2D eigenvalue weighted by Gasteiger charge is -2.06. The Hall–Kier alpha value is -1.35. The van der Waals surface area contributed by atoms with Gasteiger partial charge >= 0.3 is 0 Å². The van der Waals surface area contributed by atoms with Crippen LogP contribution in [-0.4, -0.2) is 17.9 Å². The Balaban J connectivity index is 1.89. The van der Waals surface area contributed by atoms with Crippen molar-refractivity contribution >= 4 is 5.78 Å². The smallest absolute Gasteiger partial charge is 0.162 e. The zero-order valence-corrected chi connectivity index (χ0v) is 10.2. The van der Waals surface area contributed by atoms with Crippen molar-refractivity contribution in [2.45, 2.75) is 44.8 Å². The molecule has 0 aromatic heterocycles. The topological polar surface area (TPSA) is 52.3 Å². The summed E-state index contributed by atoms with van der Waals surface area (Å²) >= 11 is 0. The Kier molecular flexibility index (Phi) is 3.79. The van der Waals surface area contributed by atoms with Crippen LogP contribution in [0.5, 0.6) is 5.75 Å². The fraction of sp³-hybridized carbons (Fsp3) is 0.500. The summed E-state index contributed by atoms with van der Waals surface area (Å²) in [7, 11) is 0. The second-order valence-corrected chi connectivity index (χ2v) is 4.78. The van der Waals surface area contributed by atoms with Gasteiger partial charge in [-0.15, -0.1) is 0 Å². The van der Waals surface area contributed by atoms with Crippen molar-refractivity contribution in [2.75, 3.05) is 0 Å². The molecular weight excluding hydrogens is 214 g/mol. The van der Waals surface area contributed by atoms with E-state index in [1.165, 1.54) is 0 Å². The van der Waals surface area contributed by atoms with Crippen molar-refractivity contribution in [1.29, 1.82) is 0 Å². The maximum Gasteiger partial charge on any atom is 0.162 e. The normalized spacial score (nSPS) is 16.6. The molecule has 1 fully saturated rings. The molecule has 2 rings (SSSR count). The minimum Gasteiger partial charge on any atom is -0.490 e. The molecule has 1 unspecified atom stereocenters. The number of hydrogen-bond donors (Lipinski definition) is 1. The molecule has 2 N–H and O–H groups in total. The largest absolute Gasteiger partial charge is 0.490 e. The Morgan fingerprint density at radius 2 is 2.06 bits per heavy atom. The summed E-state index contributed by atoms with van der Waals surface area (Å²) < 4.78 is 5.63. The van der Waals surface area contributed by atoms with Gasteiger partial charge in [0, 0.05) is 18.0 Å². The van der Waals surface area contributed by atoms with Crippen molar-refractivity contribution in [3.8, 4) is 5.75 Å². The van der Waals surface area contributed by atoms with E-state index in [0.717, 1.165) is 30.6 Å². The summed E-state index contributed by atoms with van der Waals surface area (Å²) in [5.74, 6) is 1.01. The average molecular weight is 233 g/mol. The summed E-state index contributed by atoms with van der Waals surface area (Å²) in [6.45, 7) is 1.92. The highest BCUT2D eigenvalue weighted by atomic mass is 16.5. The first-order chi connectivity index (χ1) is 8.15. The van der Waals surface area contributed by atoms with Gasteiger partial charge < -0.3 is 10.5 Å². The Bertz CT molecular complexity index is 380. The molecule has 0 spiro atoms. The number of hydrogen-bond acceptors (Lipinski definition) is 3. The molecule has 1 atom stereocenters. The molecule has 1 aliphatic carbocycles. The second-order valence-electron chi connectivity index (χ2n) is 4.78. The fourth-order valence-electron chi connectivity index (χ4n) is 1.60. The maximum absolute atomic E-state index is 11.8. The molecule has 0 radical (unpaired) electrons. The number of carbonyl (C=O) groups excluding carboxylic acids is 1. The molecule has 3 nitrogen and oxygen atoms in total. The highest BCUT2D eigenvalue weighted by Gasteiger charge is 2.23. The molecule has 17 heavy (non-hydrogen) atoms. The molecule has 0 amide bonds. The molecule has 1 saturated carbocycles. The third-order valence-electron chi connectivity index (χ3n) is 2.83. The van der Waals surface area contributed by atoms with E-state index in [0.29, 0.717) is 12.5 Å². The van der Waals surface area contributed by atoms with E-state index in [1.807, 2.05) is 31.2 Å². The van der Waals surface area contributed by atoms with Crippen LogP contribution in [0.3, 0.4) is 0 Å². The minimum absolute atomic E-state index is 0.0800. The monoisotopic (exact) mass is 233 g/mol. The van der Waals surface area contributed by atoms with Gasteiger partial charge in [0.15, 0.2) is 5.78 Å². The highest BCUT2D eigenvalue weighted by molar-refractivity contribution is 5.96. The first-order valence-corrected chi connectivity index (χ1v) is 6.20. The van der Waals surface area contributed by atoms with E-state index < -0.39 is 0 Å². The van der Waals surface area contributed by atoms with Gasteiger partial charge in [0.25, 0.3) is 0 Å². The number of nitrogens with two attached hydrogens (primary N) is 1. The summed E-state index contributed by atoms with van der Waals surface area (Å²) in [5.41, 5.74) is 6.38. The Morgan fingerprint density at radius 1 is 1.41 bits per heavy atom. The van der Waals surface area contributed by atoms with Crippen molar-refractivity contribution in [2.24, 2.45) is 5.73 Å². The molecule has 0 aliphatic heterocycles. The minimum atomic E-state index is 0.0800. The number of benzene rings is 1. The third-order valence-corrected chi connectivity index (χ3v) is 2.83. The van der Waals surface area contributed by atoms with Crippen LogP contribution in [0.1, 0.15) is 43.0 Å². The quantitative estimate of drug-likeness (QED) is 0.768. The first kappa shape index (κ1) is 12.1. The lowest BCUT2D eigenvalue weighted by molar-refractivity contribution is 0.0978. The molecule has 3 heteroatoms. The second kappa shape index (κ2) is 5.32. The van der Waals surface area contributed by atoms with E-state index in [-0.39, 0.29) is 11.8 Å². The van der Waals surface area contributed by atoms with Crippen molar-refractivity contribution in [1.82, 2.24) is 0 Å².